The van der Waals surface area contributed by atoms with Crippen LogP contribution in [0.3, 0.4) is 0 Å². The summed E-state index contributed by atoms with van der Waals surface area (Å²) in [4.78, 5) is 5.99. The van der Waals surface area contributed by atoms with Crippen molar-refractivity contribution in [1.29, 1.82) is 0 Å². The molecule has 8 heteroatoms. The molecule has 154 valence electrons. The third-order valence-electron chi connectivity index (χ3n) is 5.03. The quantitative estimate of drug-likeness (QED) is 0.325. The van der Waals surface area contributed by atoms with Crippen molar-refractivity contribution in [2.45, 2.75) is 43.3 Å². The first-order valence-corrected chi connectivity index (χ1v) is 12.7. The van der Waals surface area contributed by atoms with Crippen LogP contribution in [0.1, 0.15) is 24.1 Å². The van der Waals surface area contributed by atoms with Gasteiger partial charge in [-0.15, -0.1) is 32.9 Å². The highest BCUT2D eigenvalue weighted by atomic mass is 32.2. The van der Waals surface area contributed by atoms with Crippen LogP contribution in [0, 0.1) is 6.92 Å². The maximum absolute atomic E-state index is 5.89. The summed E-state index contributed by atoms with van der Waals surface area (Å²) in [6.45, 7) is 3.76. The lowest BCUT2D eigenvalue weighted by molar-refractivity contribution is 0.0953. The van der Waals surface area contributed by atoms with Gasteiger partial charge in [0.25, 0.3) is 0 Å². The third kappa shape index (κ3) is 4.37. The van der Waals surface area contributed by atoms with E-state index in [9.17, 15) is 0 Å². The molecule has 1 aliphatic rings. The first-order valence-electron chi connectivity index (χ1n) is 9.99. The van der Waals surface area contributed by atoms with E-state index >= 15 is 0 Å². The van der Waals surface area contributed by atoms with Crippen molar-refractivity contribution in [3.63, 3.8) is 0 Å². The van der Waals surface area contributed by atoms with E-state index in [4.69, 9.17) is 9.72 Å². The molecule has 0 N–H and O–H groups in total. The number of aromatic nitrogens is 4. The molecule has 1 aromatic carbocycles. The lowest BCUT2D eigenvalue weighted by Crippen LogP contribution is -2.16. The van der Waals surface area contributed by atoms with Crippen LogP contribution in [-0.2, 0) is 17.0 Å². The van der Waals surface area contributed by atoms with Gasteiger partial charge < -0.3 is 4.74 Å². The number of nitrogens with zero attached hydrogens (tertiary/aromatic N) is 4. The number of thiophene rings is 1. The van der Waals surface area contributed by atoms with Gasteiger partial charge in [-0.1, -0.05) is 41.6 Å². The van der Waals surface area contributed by atoms with Crippen molar-refractivity contribution in [3.05, 3.63) is 58.4 Å². The Balaban J connectivity index is 1.35. The van der Waals surface area contributed by atoms with Gasteiger partial charge in [0, 0.05) is 23.3 Å². The molecular formula is C22H22N4OS3. The number of rotatable bonds is 7. The van der Waals surface area contributed by atoms with E-state index in [1.54, 1.807) is 34.4 Å². The topological polar surface area (TPSA) is 52.8 Å². The van der Waals surface area contributed by atoms with E-state index < -0.39 is 0 Å². The first kappa shape index (κ1) is 19.9. The monoisotopic (exact) mass is 454 g/mol. The number of benzene rings is 1. The van der Waals surface area contributed by atoms with E-state index in [0.717, 1.165) is 58.3 Å². The minimum Gasteiger partial charge on any atom is -0.376 e. The number of hydrogen-bond acceptors (Lipinski definition) is 7. The Morgan fingerprint density at radius 3 is 2.97 bits per heavy atom. The van der Waals surface area contributed by atoms with Crippen molar-refractivity contribution in [2.24, 2.45) is 0 Å². The Bertz CT molecular complexity index is 1110. The molecule has 30 heavy (non-hydrogen) atoms. The molecule has 1 saturated heterocycles. The Labute approximate surface area is 188 Å². The van der Waals surface area contributed by atoms with E-state index in [-0.39, 0.29) is 6.10 Å². The maximum Gasteiger partial charge on any atom is 0.191 e. The van der Waals surface area contributed by atoms with Gasteiger partial charge in [0.05, 0.1) is 23.2 Å². The van der Waals surface area contributed by atoms with E-state index in [1.807, 2.05) is 0 Å². The molecule has 5 rings (SSSR count). The molecule has 1 aliphatic heterocycles. The number of ether oxygens (including phenoxy) is 1. The Hall–Kier alpha value is -2.00. The van der Waals surface area contributed by atoms with Crippen LogP contribution >= 0.6 is 34.4 Å². The number of hydrogen-bond donors (Lipinski definition) is 0. The van der Waals surface area contributed by atoms with Crippen LogP contribution < -0.4 is 0 Å². The summed E-state index contributed by atoms with van der Waals surface area (Å²) < 4.78 is 8.11. The van der Waals surface area contributed by atoms with Gasteiger partial charge in [-0.05, 0) is 37.3 Å². The second-order valence-corrected chi connectivity index (χ2v) is 10.1. The Kier molecular flexibility index (Phi) is 5.99. The SMILES string of the molecule is Cc1cccc(-c2nc(CSc3nnc(-c4cccs4)n3CC3CCCO3)cs2)c1. The Morgan fingerprint density at radius 1 is 1.20 bits per heavy atom. The smallest absolute Gasteiger partial charge is 0.191 e. The lowest BCUT2D eigenvalue weighted by Gasteiger charge is -2.14. The zero-order valence-electron chi connectivity index (χ0n) is 16.7. The molecule has 1 atom stereocenters. The summed E-state index contributed by atoms with van der Waals surface area (Å²) in [5, 5.41) is 15.2. The molecule has 0 aliphatic carbocycles. The molecule has 0 saturated carbocycles. The van der Waals surface area contributed by atoms with Gasteiger partial charge in [0.1, 0.15) is 5.01 Å². The van der Waals surface area contributed by atoms with Crippen LogP contribution in [0.4, 0.5) is 0 Å². The fourth-order valence-corrected chi connectivity index (χ4v) is 6.04. The number of thiazole rings is 1. The molecule has 4 heterocycles. The predicted octanol–water partition coefficient (Wildman–Crippen LogP) is 5.91. The lowest BCUT2D eigenvalue weighted by atomic mass is 10.1. The predicted molar refractivity (Wildman–Crippen MR) is 124 cm³/mol. The molecular weight excluding hydrogens is 432 g/mol. The normalized spacial score (nSPS) is 16.4. The molecule has 0 radical (unpaired) electrons. The summed E-state index contributed by atoms with van der Waals surface area (Å²) >= 11 is 5.08. The van der Waals surface area contributed by atoms with Crippen molar-refractivity contribution in [1.82, 2.24) is 19.7 Å². The van der Waals surface area contributed by atoms with Gasteiger partial charge in [0.15, 0.2) is 11.0 Å². The van der Waals surface area contributed by atoms with Crippen LogP contribution in [0.5, 0.6) is 0 Å². The van der Waals surface area contributed by atoms with Crippen LogP contribution in [0.15, 0.2) is 52.3 Å². The van der Waals surface area contributed by atoms with E-state index in [0.29, 0.717) is 0 Å². The highest BCUT2D eigenvalue weighted by Gasteiger charge is 2.22. The van der Waals surface area contributed by atoms with E-state index in [2.05, 4.69) is 68.8 Å². The fourth-order valence-electron chi connectivity index (χ4n) is 3.56. The standard InChI is InChI=1S/C22H22N4OS3/c1-15-5-2-6-16(11-15)21-23-17(13-29-21)14-30-22-25-24-20(19-8-4-10-28-19)26(22)12-18-7-3-9-27-18/h2,4-6,8,10-11,13,18H,3,7,9,12,14H2,1H3. The molecule has 1 fully saturated rings. The van der Waals surface area contributed by atoms with Crippen molar-refractivity contribution in [3.8, 4) is 21.3 Å². The molecule has 0 spiro atoms. The van der Waals surface area contributed by atoms with E-state index in [1.165, 1.54) is 11.1 Å². The average Bonchev–Trinajstić information content (AvgIpc) is 3.54. The third-order valence-corrected chi connectivity index (χ3v) is 7.84. The number of aryl methyl sites for hydroxylation is 1. The van der Waals surface area contributed by atoms with Gasteiger partial charge in [-0.2, -0.15) is 0 Å². The van der Waals surface area contributed by atoms with Crippen LogP contribution in [-0.4, -0.2) is 32.5 Å². The minimum absolute atomic E-state index is 0.242. The fraction of sp³-hybridized carbons (Fsp3) is 0.318. The van der Waals surface area contributed by atoms with Crippen molar-refractivity contribution < 1.29 is 4.74 Å². The second kappa shape index (κ2) is 9.01. The summed E-state index contributed by atoms with van der Waals surface area (Å²) in [5.41, 5.74) is 3.51. The van der Waals surface area contributed by atoms with Gasteiger partial charge >= 0.3 is 0 Å². The van der Waals surface area contributed by atoms with Crippen LogP contribution in [0.25, 0.3) is 21.3 Å². The summed E-state index contributed by atoms with van der Waals surface area (Å²) in [7, 11) is 0. The molecule has 0 bridgehead atoms. The minimum atomic E-state index is 0.242. The van der Waals surface area contributed by atoms with Crippen LogP contribution in [0.2, 0.25) is 0 Å². The maximum atomic E-state index is 5.89. The van der Waals surface area contributed by atoms with Gasteiger partial charge in [-0.25, -0.2) is 4.98 Å². The largest absolute Gasteiger partial charge is 0.376 e. The Morgan fingerprint density at radius 2 is 2.17 bits per heavy atom. The van der Waals surface area contributed by atoms with Crippen molar-refractivity contribution >= 4 is 34.4 Å². The molecule has 4 aromatic rings. The summed E-state index contributed by atoms with van der Waals surface area (Å²) in [6, 6.07) is 12.7. The highest BCUT2D eigenvalue weighted by molar-refractivity contribution is 7.98. The molecule has 1 unspecified atom stereocenters. The first-order chi connectivity index (χ1) is 14.8. The van der Waals surface area contributed by atoms with Gasteiger partial charge in [0.2, 0.25) is 0 Å². The summed E-state index contributed by atoms with van der Waals surface area (Å²) in [5.74, 6) is 1.71. The molecule has 3 aromatic heterocycles. The second-order valence-electron chi connectivity index (χ2n) is 7.33. The molecule has 5 nitrogen and oxygen atoms in total. The van der Waals surface area contributed by atoms with Gasteiger partial charge in [-0.3, -0.25) is 4.57 Å². The van der Waals surface area contributed by atoms with Crippen molar-refractivity contribution in [2.75, 3.05) is 6.61 Å². The summed E-state index contributed by atoms with van der Waals surface area (Å²) in [6.07, 6.45) is 2.47. The zero-order chi connectivity index (χ0) is 20.3. The average molecular weight is 455 g/mol. The molecule has 0 amide bonds. The number of thioether (sulfide) groups is 1. The zero-order valence-corrected chi connectivity index (χ0v) is 19.1. The highest BCUT2D eigenvalue weighted by Crippen LogP contribution is 2.32.